The van der Waals surface area contributed by atoms with Crippen LogP contribution in [-0.2, 0) is 14.8 Å². The Morgan fingerprint density at radius 1 is 1.00 bits per heavy atom. The lowest BCUT2D eigenvalue weighted by Gasteiger charge is -2.31. The van der Waals surface area contributed by atoms with Gasteiger partial charge in [0.2, 0.25) is 10.0 Å². The van der Waals surface area contributed by atoms with E-state index >= 15 is 0 Å². The molecule has 0 saturated carbocycles. The third-order valence-corrected chi connectivity index (χ3v) is 9.62. The Kier molecular flexibility index (Phi) is 6.80. The van der Waals surface area contributed by atoms with Crippen LogP contribution in [-0.4, -0.2) is 74.0 Å². The number of rotatable bonds is 5. The van der Waals surface area contributed by atoms with E-state index in [1.54, 1.807) is 28.4 Å². The van der Waals surface area contributed by atoms with Crippen molar-refractivity contribution in [2.45, 2.75) is 37.7 Å². The first-order valence-electron chi connectivity index (χ1n) is 11.8. The number of carbonyl (C=O) groups excluding carboxylic acids is 1. The molecule has 0 unspecified atom stereocenters. The maximum absolute atomic E-state index is 13.0. The second kappa shape index (κ2) is 9.85. The monoisotopic (exact) mass is 515 g/mol. The van der Waals surface area contributed by atoms with Gasteiger partial charge in [0, 0.05) is 44.6 Å². The molecule has 186 valence electrons. The van der Waals surface area contributed by atoms with Gasteiger partial charge >= 0.3 is 0 Å². The maximum atomic E-state index is 13.0. The van der Waals surface area contributed by atoms with Crippen LogP contribution in [0, 0.1) is 13.8 Å². The molecule has 2 fully saturated rings. The quantitative estimate of drug-likeness (QED) is 0.516. The Hall–Kier alpha value is -2.53. The van der Waals surface area contributed by atoms with Crippen molar-refractivity contribution in [2.24, 2.45) is 0 Å². The molecule has 10 heteroatoms. The minimum absolute atomic E-state index is 0.0151. The maximum Gasteiger partial charge on any atom is 0.274 e. The largest absolute Gasteiger partial charge is 0.467 e. The highest BCUT2D eigenvalue weighted by molar-refractivity contribution is 7.89. The fraction of sp³-hybridized carbons (Fsp3) is 0.440. The van der Waals surface area contributed by atoms with Crippen LogP contribution in [0.5, 0.6) is 5.19 Å². The molecule has 0 aliphatic carbocycles. The van der Waals surface area contributed by atoms with Crippen LogP contribution in [0.15, 0.2) is 41.3 Å². The van der Waals surface area contributed by atoms with Crippen LogP contribution in [0.2, 0.25) is 0 Å². The second-order valence-electron chi connectivity index (χ2n) is 9.01. The van der Waals surface area contributed by atoms with E-state index < -0.39 is 10.0 Å². The number of piperidine rings is 1. The number of benzene rings is 2. The van der Waals surface area contributed by atoms with E-state index in [9.17, 15) is 13.2 Å². The SMILES string of the molecule is Cc1ccc(C)c2sc(OC3CCN(C(=O)c4ccc(S(=O)(=O)N5CCOCC5)cc4)CC3)nc12. The third-order valence-electron chi connectivity index (χ3n) is 6.63. The van der Waals surface area contributed by atoms with Gasteiger partial charge in [-0.25, -0.2) is 13.4 Å². The number of ether oxygens (including phenoxy) is 2. The van der Waals surface area contributed by atoms with Gasteiger partial charge in [-0.05, 0) is 49.2 Å². The molecule has 1 amide bonds. The summed E-state index contributed by atoms with van der Waals surface area (Å²) in [5.41, 5.74) is 3.82. The summed E-state index contributed by atoms with van der Waals surface area (Å²) in [4.78, 5) is 19.7. The zero-order chi connectivity index (χ0) is 24.6. The summed E-state index contributed by atoms with van der Waals surface area (Å²) in [6, 6.07) is 10.4. The first kappa shape index (κ1) is 24.2. The van der Waals surface area contributed by atoms with Crippen LogP contribution in [0.25, 0.3) is 10.2 Å². The molecule has 0 atom stereocenters. The van der Waals surface area contributed by atoms with Crippen LogP contribution < -0.4 is 4.74 Å². The highest BCUT2D eigenvalue weighted by Crippen LogP contribution is 2.33. The highest BCUT2D eigenvalue weighted by atomic mass is 32.2. The molecule has 0 radical (unpaired) electrons. The smallest absolute Gasteiger partial charge is 0.274 e. The molecular formula is C25H29N3O5S2. The van der Waals surface area contributed by atoms with E-state index in [2.05, 4.69) is 31.0 Å². The van der Waals surface area contributed by atoms with Gasteiger partial charge in [0.1, 0.15) is 6.10 Å². The average molecular weight is 516 g/mol. The van der Waals surface area contributed by atoms with Gasteiger partial charge < -0.3 is 14.4 Å². The standard InChI is InChI=1S/C25H29N3O5S2/c1-17-3-4-18(2)23-22(17)26-25(34-23)33-20-9-11-27(12-10-20)24(29)19-5-7-21(8-6-19)35(30,31)28-13-15-32-16-14-28/h3-8,20H,9-16H2,1-2H3. The Morgan fingerprint density at radius 2 is 1.66 bits per heavy atom. The Balaban J connectivity index is 1.19. The summed E-state index contributed by atoms with van der Waals surface area (Å²) in [6.07, 6.45) is 1.47. The van der Waals surface area contributed by atoms with Crippen molar-refractivity contribution in [1.29, 1.82) is 0 Å². The first-order valence-corrected chi connectivity index (χ1v) is 14.1. The van der Waals surface area contributed by atoms with E-state index in [0.29, 0.717) is 50.1 Å². The van der Waals surface area contributed by atoms with E-state index in [4.69, 9.17) is 9.47 Å². The number of thiazole rings is 1. The number of aryl methyl sites for hydroxylation is 2. The first-order chi connectivity index (χ1) is 16.8. The summed E-state index contributed by atoms with van der Waals surface area (Å²) in [6.45, 7) is 6.78. The lowest BCUT2D eigenvalue weighted by Crippen LogP contribution is -2.42. The van der Waals surface area contributed by atoms with Crippen molar-refractivity contribution in [3.63, 3.8) is 0 Å². The molecule has 35 heavy (non-hydrogen) atoms. The van der Waals surface area contributed by atoms with Gasteiger partial charge in [-0.3, -0.25) is 4.79 Å². The number of carbonyl (C=O) groups is 1. The van der Waals surface area contributed by atoms with Gasteiger partial charge in [-0.2, -0.15) is 4.31 Å². The van der Waals surface area contributed by atoms with Crippen molar-refractivity contribution < 1.29 is 22.7 Å². The highest BCUT2D eigenvalue weighted by Gasteiger charge is 2.28. The lowest BCUT2D eigenvalue weighted by atomic mass is 10.1. The molecule has 1 aromatic heterocycles. The molecule has 2 aromatic carbocycles. The number of morpholine rings is 1. The number of likely N-dealkylation sites (tertiary alicyclic amines) is 1. The normalized spacial score (nSPS) is 18.2. The molecule has 2 aliphatic heterocycles. The number of amides is 1. The van der Waals surface area contributed by atoms with Crippen LogP contribution in [0.4, 0.5) is 0 Å². The Labute approximate surface area is 209 Å². The molecule has 0 spiro atoms. The topological polar surface area (TPSA) is 89.0 Å². The van der Waals surface area contributed by atoms with E-state index in [1.165, 1.54) is 22.0 Å². The zero-order valence-corrected chi connectivity index (χ0v) is 21.5. The number of hydrogen-bond donors (Lipinski definition) is 0. The van der Waals surface area contributed by atoms with E-state index in [-0.39, 0.29) is 16.9 Å². The molecule has 0 bridgehead atoms. The molecule has 0 N–H and O–H groups in total. The van der Waals surface area contributed by atoms with E-state index in [1.807, 2.05) is 0 Å². The molecule has 8 nitrogen and oxygen atoms in total. The predicted molar refractivity (Wildman–Crippen MR) is 135 cm³/mol. The molecule has 2 aliphatic rings. The van der Waals surface area contributed by atoms with Crippen molar-refractivity contribution in [2.75, 3.05) is 39.4 Å². The van der Waals surface area contributed by atoms with Gasteiger partial charge in [-0.1, -0.05) is 23.5 Å². The summed E-state index contributed by atoms with van der Waals surface area (Å²) in [5.74, 6) is -0.0926. The van der Waals surface area contributed by atoms with Gasteiger partial charge in [0.05, 0.1) is 28.3 Å². The summed E-state index contributed by atoms with van der Waals surface area (Å²) in [5, 5.41) is 0.680. The summed E-state index contributed by atoms with van der Waals surface area (Å²) >= 11 is 1.58. The van der Waals surface area contributed by atoms with Crippen molar-refractivity contribution in [1.82, 2.24) is 14.2 Å². The third kappa shape index (κ3) is 4.93. The number of nitrogens with zero attached hydrogens (tertiary/aromatic N) is 3. The molecule has 5 rings (SSSR count). The van der Waals surface area contributed by atoms with Crippen LogP contribution in [0.3, 0.4) is 0 Å². The van der Waals surface area contributed by atoms with Crippen molar-refractivity contribution >= 4 is 37.5 Å². The molecule has 3 aromatic rings. The number of fused-ring (bicyclic) bond motifs is 1. The minimum atomic E-state index is -3.57. The fourth-order valence-corrected chi connectivity index (χ4v) is 6.93. The molecule has 2 saturated heterocycles. The van der Waals surface area contributed by atoms with Crippen LogP contribution in [0.1, 0.15) is 34.3 Å². The van der Waals surface area contributed by atoms with Gasteiger partial charge in [0.15, 0.2) is 0 Å². The second-order valence-corrected chi connectivity index (χ2v) is 11.9. The minimum Gasteiger partial charge on any atom is -0.467 e. The zero-order valence-electron chi connectivity index (χ0n) is 19.9. The number of aromatic nitrogens is 1. The Morgan fingerprint density at radius 3 is 2.31 bits per heavy atom. The van der Waals surface area contributed by atoms with Crippen LogP contribution >= 0.6 is 11.3 Å². The van der Waals surface area contributed by atoms with Gasteiger partial charge in [0.25, 0.3) is 11.1 Å². The van der Waals surface area contributed by atoms with Gasteiger partial charge in [-0.15, -0.1) is 0 Å². The number of hydrogen-bond acceptors (Lipinski definition) is 7. The lowest BCUT2D eigenvalue weighted by molar-refractivity contribution is 0.0595. The molecule has 3 heterocycles. The predicted octanol–water partition coefficient (Wildman–Crippen LogP) is 3.62. The molecular weight excluding hydrogens is 486 g/mol. The summed E-state index contributed by atoms with van der Waals surface area (Å²) in [7, 11) is -3.57. The fourth-order valence-electron chi connectivity index (χ4n) is 4.50. The number of sulfonamides is 1. The average Bonchev–Trinajstić information content (AvgIpc) is 3.32. The van der Waals surface area contributed by atoms with E-state index in [0.717, 1.165) is 28.6 Å². The summed E-state index contributed by atoms with van der Waals surface area (Å²) < 4.78 is 39.6. The van der Waals surface area contributed by atoms with Crippen molar-refractivity contribution in [3.8, 4) is 5.19 Å². The van der Waals surface area contributed by atoms with Crippen molar-refractivity contribution in [3.05, 3.63) is 53.1 Å². The Bertz CT molecular complexity index is 1280.